The van der Waals surface area contributed by atoms with Crippen LogP contribution >= 0.6 is 0 Å². The fourth-order valence-electron chi connectivity index (χ4n) is 5.23. The van der Waals surface area contributed by atoms with Gasteiger partial charge in [-0.1, -0.05) is 31.9 Å². The summed E-state index contributed by atoms with van der Waals surface area (Å²) >= 11 is 0. The third-order valence-electron chi connectivity index (χ3n) is 6.61. The van der Waals surface area contributed by atoms with Crippen molar-refractivity contribution >= 4 is 0 Å². The van der Waals surface area contributed by atoms with E-state index in [1.165, 1.54) is 5.56 Å². The number of rotatable bonds is 5. The maximum absolute atomic E-state index is 14.7. The van der Waals surface area contributed by atoms with Gasteiger partial charge in [0.05, 0.1) is 7.11 Å². The molecule has 2 aliphatic carbocycles. The van der Waals surface area contributed by atoms with E-state index in [-0.39, 0.29) is 24.2 Å². The molecule has 3 heteroatoms. The molecule has 0 aromatic heterocycles. The highest BCUT2D eigenvalue weighted by molar-refractivity contribution is 5.29. The van der Waals surface area contributed by atoms with Crippen molar-refractivity contribution in [3.8, 4) is 5.75 Å². The van der Waals surface area contributed by atoms with Crippen molar-refractivity contribution in [2.24, 2.45) is 17.8 Å². The third kappa shape index (κ3) is 4.35. The number of hydrogen-bond donors (Lipinski definition) is 0. The SMILES string of the molecule is CCC[C@H]1CC[C@H]([C@H]2CC[C@H](c3ccc(OC)cc3)CC2)C(F)(F)C1. The van der Waals surface area contributed by atoms with Gasteiger partial charge in [0.25, 0.3) is 5.92 Å². The second-order valence-electron chi connectivity index (χ2n) is 8.19. The normalized spacial score (nSPS) is 32.3. The lowest BCUT2D eigenvalue weighted by Crippen LogP contribution is -2.41. The van der Waals surface area contributed by atoms with E-state index >= 15 is 0 Å². The summed E-state index contributed by atoms with van der Waals surface area (Å²) < 4.78 is 34.7. The Morgan fingerprint density at radius 2 is 1.68 bits per heavy atom. The van der Waals surface area contributed by atoms with Gasteiger partial charge >= 0.3 is 0 Å². The molecule has 1 aromatic rings. The second kappa shape index (κ2) is 8.05. The summed E-state index contributed by atoms with van der Waals surface area (Å²) in [6, 6.07) is 8.28. The van der Waals surface area contributed by atoms with Crippen LogP contribution in [0.4, 0.5) is 8.78 Å². The summed E-state index contributed by atoms with van der Waals surface area (Å²) in [5.74, 6) is -0.972. The van der Waals surface area contributed by atoms with Gasteiger partial charge in [-0.25, -0.2) is 8.78 Å². The van der Waals surface area contributed by atoms with Crippen molar-refractivity contribution in [1.82, 2.24) is 0 Å². The van der Waals surface area contributed by atoms with Gasteiger partial charge in [0.15, 0.2) is 0 Å². The molecule has 0 unspecified atom stereocenters. The number of ether oxygens (including phenoxy) is 1. The van der Waals surface area contributed by atoms with Crippen molar-refractivity contribution in [2.75, 3.05) is 7.11 Å². The molecule has 0 aliphatic heterocycles. The van der Waals surface area contributed by atoms with Crippen molar-refractivity contribution in [3.63, 3.8) is 0 Å². The zero-order valence-corrected chi connectivity index (χ0v) is 15.6. The number of benzene rings is 1. The van der Waals surface area contributed by atoms with Crippen LogP contribution in [0.1, 0.15) is 76.2 Å². The molecule has 2 fully saturated rings. The Hall–Kier alpha value is -1.12. The van der Waals surface area contributed by atoms with Crippen LogP contribution in [0.25, 0.3) is 0 Å². The van der Waals surface area contributed by atoms with Crippen molar-refractivity contribution in [1.29, 1.82) is 0 Å². The summed E-state index contributed by atoms with van der Waals surface area (Å²) in [5.41, 5.74) is 1.33. The Morgan fingerprint density at radius 3 is 2.24 bits per heavy atom. The summed E-state index contributed by atoms with van der Waals surface area (Å²) in [6.45, 7) is 2.10. The standard InChI is InChI=1S/C22H32F2O/c1-3-4-16-5-14-21(22(23,24)15-16)19-8-6-17(7-9-19)18-10-12-20(25-2)13-11-18/h10-13,16-17,19,21H,3-9,14-15H2,1-2H3/t16-,17-,19-,21+/m0/s1. The number of hydrogen-bond acceptors (Lipinski definition) is 1. The van der Waals surface area contributed by atoms with Crippen LogP contribution in [-0.4, -0.2) is 13.0 Å². The first kappa shape index (κ1) is 18.7. The number of halogens is 2. The molecular formula is C22H32F2O. The lowest BCUT2D eigenvalue weighted by Gasteiger charge is -2.42. The molecule has 2 saturated carbocycles. The van der Waals surface area contributed by atoms with E-state index in [0.717, 1.165) is 57.1 Å². The van der Waals surface area contributed by atoms with Crippen LogP contribution in [-0.2, 0) is 0 Å². The summed E-state index contributed by atoms with van der Waals surface area (Å²) in [7, 11) is 1.68. The van der Waals surface area contributed by atoms with Gasteiger partial charge in [-0.15, -0.1) is 0 Å². The van der Waals surface area contributed by atoms with E-state index in [9.17, 15) is 8.78 Å². The van der Waals surface area contributed by atoms with Gasteiger partial charge in [-0.2, -0.15) is 0 Å². The highest BCUT2D eigenvalue weighted by atomic mass is 19.3. The minimum Gasteiger partial charge on any atom is -0.497 e. The Labute approximate surface area is 151 Å². The largest absolute Gasteiger partial charge is 0.497 e. The summed E-state index contributed by atoms with van der Waals surface area (Å²) in [6.07, 6.45) is 7.85. The molecule has 0 radical (unpaired) electrons. The van der Waals surface area contributed by atoms with Crippen LogP contribution in [0.3, 0.4) is 0 Å². The molecule has 2 aliphatic rings. The van der Waals surface area contributed by atoms with Crippen LogP contribution in [0.15, 0.2) is 24.3 Å². The fraction of sp³-hybridized carbons (Fsp3) is 0.727. The molecule has 0 saturated heterocycles. The lowest BCUT2D eigenvalue weighted by atomic mass is 9.66. The van der Waals surface area contributed by atoms with Gasteiger partial charge < -0.3 is 4.74 Å². The molecular weight excluding hydrogens is 318 g/mol. The molecule has 0 spiro atoms. The van der Waals surface area contributed by atoms with Gasteiger partial charge in [0, 0.05) is 12.3 Å². The smallest absolute Gasteiger partial charge is 0.251 e. The van der Waals surface area contributed by atoms with E-state index in [1.807, 2.05) is 12.1 Å². The maximum atomic E-state index is 14.7. The molecule has 1 aromatic carbocycles. The van der Waals surface area contributed by atoms with Gasteiger partial charge in [0.2, 0.25) is 0 Å². The van der Waals surface area contributed by atoms with Gasteiger partial charge in [0.1, 0.15) is 5.75 Å². The Kier molecular flexibility index (Phi) is 6.01. The van der Waals surface area contributed by atoms with Crippen LogP contribution in [0.2, 0.25) is 0 Å². The first-order valence-electron chi connectivity index (χ1n) is 10.0. The van der Waals surface area contributed by atoms with E-state index in [1.54, 1.807) is 7.11 Å². The maximum Gasteiger partial charge on any atom is 0.251 e. The lowest BCUT2D eigenvalue weighted by molar-refractivity contribution is -0.127. The van der Waals surface area contributed by atoms with Gasteiger partial charge in [-0.05, 0) is 74.0 Å². The molecule has 140 valence electrons. The molecule has 25 heavy (non-hydrogen) atoms. The van der Waals surface area contributed by atoms with Gasteiger partial charge in [-0.3, -0.25) is 0 Å². The molecule has 0 amide bonds. The second-order valence-corrected chi connectivity index (χ2v) is 8.19. The van der Waals surface area contributed by atoms with Crippen LogP contribution in [0, 0.1) is 17.8 Å². The zero-order valence-electron chi connectivity index (χ0n) is 15.6. The first-order valence-corrected chi connectivity index (χ1v) is 10.0. The van der Waals surface area contributed by atoms with Crippen molar-refractivity contribution in [3.05, 3.63) is 29.8 Å². The number of methoxy groups -OCH3 is 1. The van der Waals surface area contributed by atoms with E-state index < -0.39 is 5.92 Å². The Balaban J connectivity index is 1.56. The average molecular weight is 350 g/mol. The zero-order chi connectivity index (χ0) is 17.9. The first-order chi connectivity index (χ1) is 12.0. The van der Waals surface area contributed by atoms with Crippen LogP contribution in [0.5, 0.6) is 5.75 Å². The summed E-state index contributed by atoms with van der Waals surface area (Å²) in [4.78, 5) is 0. The molecule has 2 atom stereocenters. The summed E-state index contributed by atoms with van der Waals surface area (Å²) in [5, 5.41) is 0. The Morgan fingerprint density at radius 1 is 1.00 bits per heavy atom. The van der Waals surface area contributed by atoms with E-state index in [2.05, 4.69) is 19.1 Å². The topological polar surface area (TPSA) is 9.23 Å². The quantitative estimate of drug-likeness (QED) is 0.566. The minimum absolute atomic E-state index is 0.129. The van der Waals surface area contributed by atoms with Crippen molar-refractivity contribution < 1.29 is 13.5 Å². The fourth-order valence-corrected chi connectivity index (χ4v) is 5.23. The number of alkyl halides is 2. The van der Waals surface area contributed by atoms with Crippen molar-refractivity contribution in [2.45, 2.75) is 76.6 Å². The molecule has 1 nitrogen and oxygen atoms in total. The predicted molar refractivity (Wildman–Crippen MR) is 98.4 cm³/mol. The highest BCUT2D eigenvalue weighted by Crippen LogP contribution is 2.50. The Bertz CT molecular complexity index is 531. The highest BCUT2D eigenvalue weighted by Gasteiger charge is 2.48. The monoisotopic (exact) mass is 350 g/mol. The van der Waals surface area contributed by atoms with Crippen LogP contribution < -0.4 is 4.74 Å². The predicted octanol–water partition coefficient (Wildman–Crippen LogP) is 6.82. The molecule has 0 N–H and O–H groups in total. The average Bonchev–Trinajstić information content (AvgIpc) is 2.62. The third-order valence-corrected chi connectivity index (χ3v) is 6.61. The molecule has 3 rings (SSSR count). The van der Waals surface area contributed by atoms with E-state index in [0.29, 0.717) is 5.92 Å². The minimum atomic E-state index is -2.45. The molecule has 0 bridgehead atoms. The molecule has 0 heterocycles. The van der Waals surface area contributed by atoms with E-state index in [4.69, 9.17) is 4.74 Å².